The van der Waals surface area contributed by atoms with Gasteiger partial charge in [-0.15, -0.1) is 0 Å². The summed E-state index contributed by atoms with van der Waals surface area (Å²) in [6, 6.07) is 12.8. The fourth-order valence-electron chi connectivity index (χ4n) is 3.28. The highest BCUT2D eigenvalue weighted by molar-refractivity contribution is 6.02. The van der Waals surface area contributed by atoms with Crippen LogP contribution in [0.5, 0.6) is 5.75 Å². The van der Waals surface area contributed by atoms with E-state index >= 15 is 0 Å². The average molecular weight is 413 g/mol. The zero-order valence-corrected chi connectivity index (χ0v) is 18.7. The van der Waals surface area contributed by atoms with Gasteiger partial charge < -0.3 is 19.6 Å². The van der Waals surface area contributed by atoms with Gasteiger partial charge in [0.2, 0.25) is 0 Å². The first kappa shape index (κ1) is 23.3. The molecule has 0 saturated heterocycles. The van der Waals surface area contributed by atoms with Crippen molar-refractivity contribution in [2.24, 2.45) is 5.16 Å². The minimum atomic E-state index is -0.401. The van der Waals surface area contributed by atoms with E-state index in [9.17, 15) is 10.0 Å². The number of carbonyl (C=O) groups is 1. The first-order valence-electron chi connectivity index (χ1n) is 10.2. The lowest BCUT2D eigenvalue weighted by Crippen LogP contribution is -2.27. The largest absolute Gasteiger partial charge is 0.487 e. The number of nitrogens with zero attached hydrogens (tertiary/aromatic N) is 2. The highest BCUT2D eigenvalue weighted by Gasteiger charge is 2.22. The van der Waals surface area contributed by atoms with Crippen LogP contribution >= 0.6 is 0 Å². The van der Waals surface area contributed by atoms with Crippen molar-refractivity contribution < 1.29 is 19.5 Å². The van der Waals surface area contributed by atoms with Crippen LogP contribution in [0.2, 0.25) is 0 Å². The summed E-state index contributed by atoms with van der Waals surface area (Å²) in [6.45, 7) is 12.8. The van der Waals surface area contributed by atoms with E-state index in [1.807, 2.05) is 6.07 Å². The van der Waals surface area contributed by atoms with E-state index in [2.05, 4.69) is 56.8 Å². The van der Waals surface area contributed by atoms with E-state index in [1.165, 1.54) is 18.4 Å². The number of benzene rings is 2. The standard InChI is InChI=1S/C24H32N2O4/c1-7-26(8-2)22-14-11-18(15-20(22)24(3,4)5)21(25-28)16-30-19-12-9-17(10-13-19)23(27)29-6/h9-15,28H,7-8,16H2,1-6H3/b25-21+. The van der Waals surface area contributed by atoms with E-state index in [-0.39, 0.29) is 12.0 Å². The zero-order valence-electron chi connectivity index (χ0n) is 18.7. The Morgan fingerprint density at radius 2 is 1.63 bits per heavy atom. The number of rotatable bonds is 8. The van der Waals surface area contributed by atoms with Crippen molar-refractivity contribution in [2.45, 2.75) is 40.0 Å². The maximum absolute atomic E-state index is 11.5. The van der Waals surface area contributed by atoms with Crippen molar-refractivity contribution in [1.29, 1.82) is 0 Å². The van der Waals surface area contributed by atoms with Gasteiger partial charge in [-0.2, -0.15) is 0 Å². The smallest absolute Gasteiger partial charge is 0.337 e. The van der Waals surface area contributed by atoms with Crippen molar-refractivity contribution in [3.05, 3.63) is 59.2 Å². The molecule has 0 spiro atoms. The van der Waals surface area contributed by atoms with Crippen LogP contribution in [0.1, 0.15) is 56.1 Å². The first-order chi connectivity index (χ1) is 14.2. The molecular weight excluding hydrogens is 380 g/mol. The molecular formula is C24H32N2O4. The third-order valence-corrected chi connectivity index (χ3v) is 5.01. The van der Waals surface area contributed by atoms with Gasteiger partial charge in [-0.05, 0) is 61.2 Å². The molecule has 0 amide bonds. The molecule has 2 rings (SSSR count). The van der Waals surface area contributed by atoms with Crippen LogP contribution in [0.3, 0.4) is 0 Å². The highest BCUT2D eigenvalue weighted by atomic mass is 16.5. The maximum Gasteiger partial charge on any atom is 0.337 e. The second-order valence-electron chi connectivity index (χ2n) is 8.01. The molecule has 0 aliphatic rings. The Bertz CT molecular complexity index is 879. The number of esters is 1. The van der Waals surface area contributed by atoms with Crippen molar-refractivity contribution in [2.75, 3.05) is 31.7 Å². The van der Waals surface area contributed by atoms with E-state index < -0.39 is 5.97 Å². The topological polar surface area (TPSA) is 71.4 Å². The summed E-state index contributed by atoms with van der Waals surface area (Å²) in [4.78, 5) is 13.9. The summed E-state index contributed by atoms with van der Waals surface area (Å²) < 4.78 is 10.5. The second kappa shape index (κ2) is 10.1. The number of methoxy groups -OCH3 is 1. The Kier molecular flexibility index (Phi) is 7.86. The molecule has 0 aromatic heterocycles. The summed E-state index contributed by atoms with van der Waals surface area (Å²) in [7, 11) is 1.34. The minimum Gasteiger partial charge on any atom is -0.487 e. The molecule has 6 nitrogen and oxygen atoms in total. The van der Waals surface area contributed by atoms with Crippen LogP contribution in [0.25, 0.3) is 0 Å². The number of hydrogen-bond donors (Lipinski definition) is 1. The van der Waals surface area contributed by atoms with E-state index in [0.717, 1.165) is 18.7 Å². The first-order valence-corrected chi connectivity index (χ1v) is 10.2. The maximum atomic E-state index is 11.5. The SMILES string of the molecule is CCN(CC)c1ccc(/C(COc2ccc(C(=O)OC)cc2)=N/O)cc1C(C)(C)C. The molecule has 1 N–H and O–H groups in total. The third kappa shape index (κ3) is 5.53. The van der Waals surface area contributed by atoms with Crippen molar-refractivity contribution >= 4 is 17.4 Å². The predicted molar refractivity (Wildman–Crippen MR) is 120 cm³/mol. The van der Waals surface area contributed by atoms with Gasteiger partial charge in [-0.1, -0.05) is 32.0 Å². The normalized spacial score (nSPS) is 11.9. The van der Waals surface area contributed by atoms with Gasteiger partial charge in [0, 0.05) is 24.3 Å². The molecule has 2 aromatic rings. The van der Waals surface area contributed by atoms with Crippen LogP contribution in [0.15, 0.2) is 47.6 Å². The van der Waals surface area contributed by atoms with Crippen molar-refractivity contribution in [3.63, 3.8) is 0 Å². The lowest BCUT2D eigenvalue weighted by atomic mass is 9.84. The van der Waals surface area contributed by atoms with Gasteiger partial charge in [0.25, 0.3) is 0 Å². The van der Waals surface area contributed by atoms with Crippen LogP contribution in [0.4, 0.5) is 5.69 Å². The van der Waals surface area contributed by atoms with Crippen molar-refractivity contribution in [3.8, 4) is 5.75 Å². The molecule has 0 radical (unpaired) electrons. The fraction of sp³-hybridized carbons (Fsp3) is 0.417. The van der Waals surface area contributed by atoms with Gasteiger partial charge >= 0.3 is 5.97 Å². The summed E-state index contributed by atoms with van der Waals surface area (Å²) in [6.07, 6.45) is 0. The Morgan fingerprint density at radius 1 is 1.03 bits per heavy atom. The Morgan fingerprint density at radius 3 is 2.13 bits per heavy atom. The summed E-state index contributed by atoms with van der Waals surface area (Å²) in [5, 5.41) is 13.1. The molecule has 162 valence electrons. The van der Waals surface area contributed by atoms with E-state index in [1.54, 1.807) is 24.3 Å². The number of oxime groups is 1. The molecule has 6 heteroatoms. The van der Waals surface area contributed by atoms with Gasteiger partial charge in [0.05, 0.1) is 12.7 Å². The molecule has 2 aromatic carbocycles. The van der Waals surface area contributed by atoms with E-state index in [4.69, 9.17) is 9.47 Å². The number of carbonyl (C=O) groups excluding carboxylic acids is 1. The summed E-state index contributed by atoms with van der Waals surface area (Å²) >= 11 is 0. The van der Waals surface area contributed by atoms with E-state index in [0.29, 0.717) is 17.0 Å². The number of hydrogen-bond acceptors (Lipinski definition) is 6. The van der Waals surface area contributed by atoms with Crippen LogP contribution in [-0.2, 0) is 10.2 Å². The Balaban J connectivity index is 2.25. The highest BCUT2D eigenvalue weighted by Crippen LogP contribution is 2.33. The third-order valence-electron chi connectivity index (χ3n) is 5.01. The van der Waals surface area contributed by atoms with Crippen LogP contribution in [0, 0.1) is 0 Å². The molecule has 0 bridgehead atoms. The molecule has 0 heterocycles. The zero-order chi connectivity index (χ0) is 22.3. The predicted octanol–water partition coefficient (Wildman–Crippen LogP) is 4.87. The quantitative estimate of drug-likeness (QED) is 0.290. The van der Waals surface area contributed by atoms with Gasteiger partial charge in [0.1, 0.15) is 18.1 Å². The number of ether oxygens (including phenoxy) is 2. The van der Waals surface area contributed by atoms with Crippen molar-refractivity contribution in [1.82, 2.24) is 0 Å². The van der Waals surface area contributed by atoms with Gasteiger partial charge in [-0.25, -0.2) is 4.79 Å². The van der Waals surface area contributed by atoms with Crippen LogP contribution < -0.4 is 9.64 Å². The molecule has 0 aliphatic heterocycles. The molecule has 0 saturated carbocycles. The average Bonchev–Trinajstić information content (AvgIpc) is 2.74. The minimum absolute atomic E-state index is 0.0704. The van der Waals surface area contributed by atoms with Gasteiger partial charge in [-0.3, -0.25) is 0 Å². The lowest BCUT2D eigenvalue weighted by Gasteiger charge is -2.30. The molecule has 30 heavy (non-hydrogen) atoms. The van der Waals surface area contributed by atoms with Gasteiger partial charge in [0.15, 0.2) is 0 Å². The monoisotopic (exact) mass is 412 g/mol. The lowest BCUT2D eigenvalue weighted by molar-refractivity contribution is 0.0600. The fourth-order valence-corrected chi connectivity index (χ4v) is 3.28. The molecule has 0 aliphatic carbocycles. The molecule has 0 atom stereocenters. The Labute approximate surface area is 179 Å². The summed E-state index contributed by atoms with van der Waals surface area (Å²) in [5.74, 6) is 0.168. The summed E-state index contributed by atoms with van der Waals surface area (Å²) in [5.41, 5.74) is 4.00. The molecule has 0 unspecified atom stereocenters. The number of anilines is 1. The Hall–Kier alpha value is -3.02. The molecule has 0 fully saturated rings. The van der Waals surface area contributed by atoms with Crippen LogP contribution in [-0.4, -0.2) is 43.7 Å². The second-order valence-corrected chi connectivity index (χ2v) is 8.01.